The average Bonchev–Trinajstić information content (AvgIpc) is 2.80. The van der Waals surface area contributed by atoms with Crippen molar-refractivity contribution in [1.29, 1.82) is 0 Å². The SMILES string of the molecule is CCCn1cc(N)cc1C(=O)N(C)Cc1ccccn1. The summed E-state index contributed by atoms with van der Waals surface area (Å²) in [7, 11) is 1.77. The third-order valence-electron chi connectivity index (χ3n) is 3.07. The van der Waals surface area contributed by atoms with Crippen LogP contribution in [0.15, 0.2) is 36.7 Å². The Kier molecular flexibility index (Phi) is 4.40. The molecule has 0 unspecified atom stereocenters. The van der Waals surface area contributed by atoms with Crippen molar-refractivity contribution in [2.24, 2.45) is 0 Å². The summed E-state index contributed by atoms with van der Waals surface area (Å²) in [5.74, 6) is -0.0409. The van der Waals surface area contributed by atoms with E-state index in [9.17, 15) is 4.79 Å². The molecule has 106 valence electrons. The molecule has 0 aromatic carbocycles. The van der Waals surface area contributed by atoms with Gasteiger partial charge in [0.2, 0.25) is 0 Å². The highest BCUT2D eigenvalue weighted by Crippen LogP contribution is 2.14. The summed E-state index contributed by atoms with van der Waals surface area (Å²) in [5.41, 5.74) is 7.91. The fourth-order valence-electron chi connectivity index (χ4n) is 2.14. The molecular weight excluding hydrogens is 252 g/mol. The molecule has 2 aromatic heterocycles. The van der Waals surface area contributed by atoms with E-state index >= 15 is 0 Å². The number of hydrogen-bond donors (Lipinski definition) is 1. The van der Waals surface area contributed by atoms with Gasteiger partial charge in [0.15, 0.2) is 0 Å². The molecule has 5 nitrogen and oxygen atoms in total. The zero-order valence-corrected chi connectivity index (χ0v) is 11.9. The Morgan fingerprint density at radius 2 is 2.25 bits per heavy atom. The van der Waals surface area contributed by atoms with Gasteiger partial charge in [0, 0.05) is 26.0 Å². The van der Waals surface area contributed by atoms with Gasteiger partial charge >= 0.3 is 0 Å². The normalized spacial score (nSPS) is 10.5. The third-order valence-corrected chi connectivity index (χ3v) is 3.07. The molecule has 2 heterocycles. The van der Waals surface area contributed by atoms with Crippen molar-refractivity contribution in [2.45, 2.75) is 26.4 Å². The lowest BCUT2D eigenvalue weighted by Crippen LogP contribution is -2.28. The molecule has 0 saturated heterocycles. The molecule has 0 atom stereocenters. The zero-order chi connectivity index (χ0) is 14.5. The number of nitrogens with two attached hydrogens (primary N) is 1. The number of nitrogen functional groups attached to an aromatic ring is 1. The first-order valence-corrected chi connectivity index (χ1v) is 6.73. The van der Waals surface area contributed by atoms with Gasteiger partial charge in [0.25, 0.3) is 5.91 Å². The summed E-state index contributed by atoms with van der Waals surface area (Å²) in [6.07, 6.45) is 4.50. The van der Waals surface area contributed by atoms with Crippen LogP contribution in [0.1, 0.15) is 29.5 Å². The van der Waals surface area contributed by atoms with Gasteiger partial charge in [0.05, 0.1) is 17.9 Å². The van der Waals surface area contributed by atoms with Gasteiger partial charge in [-0.3, -0.25) is 9.78 Å². The molecule has 0 spiro atoms. The second-order valence-corrected chi connectivity index (χ2v) is 4.83. The van der Waals surface area contributed by atoms with E-state index < -0.39 is 0 Å². The van der Waals surface area contributed by atoms with Gasteiger partial charge in [-0.15, -0.1) is 0 Å². The van der Waals surface area contributed by atoms with Gasteiger partial charge in [-0.05, 0) is 24.6 Å². The molecule has 0 aliphatic rings. The first-order valence-electron chi connectivity index (χ1n) is 6.73. The second-order valence-electron chi connectivity index (χ2n) is 4.83. The number of aryl methyl sites for hydroxylation is 1. The number of hydrogen-bond acceptors (Lipinski definition) is 3. The summed E-state index contributed by atoms with van der Waals surface area (Å²) < 4.78 is 1.91. The Bertz CT molecular complexity index is 577. The number of anilines is 1. The second kappa shape index (κ2) is 6.23. The lowest BCUT2D eigenvalue weighted by molar-refractivity contribution is 0.0772. The minimum Gasteiger partial charge on any atom is -0.397 e. The van der Waals surface area contributed by atoms with Gasteiger partial charge in [-0.2, -0.15) is 0 Å². The Labute approximate surface area is 119 Å². The summed E-state index contributed by atoms with van der Waals surface area (Å²) in [4.78, 5) is 18.4. The maximum atomic E-state index is 12.5. The highest BCUT2D eigenvalue weighted by Gasteiger charge is 2.17. The highest BCUT2D eigenvalue weighted by atomic mass is 16.2. The molecule has 2 N–H and O–H groups in total. The number of carbonyl (C=O) groups excluding carboxylic acids is 1. The number of pyridine rings is 1. The molecule has 0 saturated carbocycles. The Morgan fingerprint density at radius 3 is 2.90 bits per heavy atom. The fourth-order valence-corrected chi connectivity index (χ4v) is 2.14. The molecule has 2 rings (SSSR count). The molecule has 2 aromatic rings. The maximum Gasteiger partial charge on any atom is 0.270 e. The molecule has 5 heteroatoms. The van der Waals surface area contributed by atoms with Gasteiger partial charge in [0.1, 0.15) is 5.69 Å². The maximum absolute atomic E-state index is 12.5. The number of amides is 1. The third kappa shape index (κ3) is 3.17. The molecule has 0 aliphatic heterocycles. The molecule has 1 amide bonds. The van der Waals surface area contributed by atoms with E-state index in [-0.39, 0.29) is 5.91 Å². The van der Waals surface area contributed by atoms with E-state index in [1.807, 2.05) is 29.0 Å². The molecular formula is C15H20N4O. The first-order chi connectivity index (χ1) is 9.61. The van der Waals surface area contributed by atoms with Crippen LogP contribution in [0.4, 0.5) is 5.69 Å². The summed E-state index contributed by atoms with van der Waals surface area (Å²) in [6, 6.07) is 7.41. The summed E-state index contributed by atoms with van der Waals surface area (Å²) in [6.45, 7) is 3.34. The van der Waals surface area contributed by atoms with Crippen molar-refractivity contribution in [3.63, 3.8) is 0 Å². The topological polar surface area (TPSA) is 64.2 Å². The van der Waals surface area contributed by atoms with Crippen molar-refractivity contribution in [3.05, 3.63) is 48.0 Å². The van der Waals surface area contributed by atoms with Crippen LogP contribution in [0.25, 0.3) is 0 Å². The van der Waals surface area contributed by atoms with Crippen molar-refractivity contribution >= 4 is 11.6 Å². The Hall–Kier alpha value is -2.30. The van der Waals surface area contributed by atoms with Crippen LogP contribution in [0.2, 0.25) is 0 Å². The lowest BCUT2D eigenvalue weighted by atomic mass is 10.3. The van der Waals surface area contributed by atoms with E-state index in [1.165, 1.54) is 0 Å². The van der Waals surface area contributed by atoms with Gasteiger partial charge < -0.3 is 15.2 Å². The monoisotopic (exact) mass is 272 g/mol. The smallest absolute Gasteiger partial charge is 0.270 e. The van der Waals surface area contributed by atoms with E-state index in [2.05, 4.69) is 11.9 Å². The summed E-state index contributed by atoms with van der Waals surface area (Å²) >= 11 is 0. The van der Waals surface area contributed by atoms with E-state index in [1.54, 1.807) is 24.2 Å². The van der Waals surface area contributed by atoms with Crippen molar-refractivity contribution in [3.8, 4) is 0 Å². The Balaban J connectivity index is 2.14. The van der Waals surface area contributed by atoms with Crippen molar-refractivity contribution in [1.82, 2.24) is 14.5 Å². The summed E-state index contributed by atoms with van der Waals surface area (Å²) in [5, 5.41) is 0. The highest BCUT2D eigenvalue weighted by molar-refractivity contribution is 5.93. The van der Waals surface area contributed by atoms with Crippen LogP contribution in [0.3, 0.4) is 0 Å². The van der Waals surface area contributed by atoms with Crippen LogP contribution in [-0.2, 0) is 13.1 Å². The van der Waals surface area contributed by atoms with E-state index in [0.29, 0.717) is 17.9 Å². The molecule has 20 heavy (non-hydrogen) atoms. The predicted molar refractivity (Wildman–Crippen MR) is 79.2 cm³/mol. The number of rotatable bonds is 5. The standard InChI is InChI=1S/C15H20N4O/c1-3-8-19-10-12(16)9-14(19)15(20)18(2)11-13-6-4-5-7-17-13/h4-7,9-10H,3,8,11,16H2,1-2H3. The largest absolute Gasteiger partial charge is 0.397 e. The quantitative estimate of drug-likeness (QED) is 0.907. The molecule has 0 radical (unpaired) electrons. The fraction of sp³-hybridized carbons (Fsp3) is 0.333. The van der Waals surface area contributed by atoms with Crippen LogP contribution in [0, 0.1) is 0 Å². The first kappa shape index (κ1) is 14.1. The van der Waals surface area contributed by atoms with Crippen molar-refractivity contribution in [2.75, 3.05) is 12.8 Å². The minimum absolute atomic E-state index is 0.0409. The van der Waals surface area contributed by atoms with Crippen LogP contribution < -0.4 is 5.73 Å². The molecule has 0 fully saturated rings. The van der Waals surface area contributed by atoms with E-state index in [4.69, 9.17) is 5.73 Å². The number of nitrogens with zero attached hydrogens (tertiary/aromatic N) is 3. The van der Waals surface area contributed by atoms with Crippen molar-refractivity contribution < 1.29 is 4.79 Å². The predicted octanol–water partition coefficient (Wildman–Crippen LogP) is 2.15. The van der Waals surface area contributed by atoms with Crippen LogP contribution >= 0.6 is 0 Å². The number of carbonyl (C=O) groups is 1. The number of aromatic nitrogens is 2. The zero-order valence-electron chi connectivity index (χ0n) is 11.9. The van der Waals surface area contributed by atoms with E-state index in [0.717, 1.165) is 18.7 Å². The van der Waals surface area contributed by atoms with Crippen LogP contribution in [0.5, 0.6) is 0 Å². The average molecular weight is 272 g/mol. The molecule has 0 aliphatic carbocycles. The van der Waals surface area contributed by atoms with Gasteiger partial charge in [-0.1, -0.05) is 13.0 Å². The van der Waals surface area contributed by atoms with Crippen LogP contribution in [-0.4, -0.2) is 27.4 Å². The Morgan fingerprint density at radius 1 is 1.45 bits per heavy atom. The van der Waals surface area contributed by atoms with Gasteiger partial charge in [-0.25, -0.2) is 0 Å². The molecule has 0 bridgehead atoms. The lowest BCUT2D eigenvalue weighted by Gasteiger charge is -2.17. The minimum atomic E-state index is -0.0409.